The van der Waals surface area contributed by atoms with Crippen LogP contribution in [0.1, 0.15) is 87.7 Å². The molecule has 164 valence electrons. The largest absolute Gasteiger partial charge is 0.465 e. The van der Waals surface area contributed by atoms with Gasteiger partial charge in [-0.25, -0.2) is 0 Å². The van der Waals surface area contributed by atoms with Crippen molar-refractivity contribution in [2.24, 2.45) is 5.41 Å². The first kappa shape index (κ1) is 24.1. The van der Waals surface area contributed by atoms with Crippen molar-refractivity contribution in [2.45, 2.75) is 79.4 Å². The molecule has 2 atom stereocenters. The lowest BCUT2D eigenvalue weighted by molar-refractivity contribution is -0.0653. The SMILES string of the molecule is CCCC(CC(C)(C)C)c1ccc(OC(C)OCCC(=O)c2ccc(C)cc2)cc1. The molecule has 0 saturated heterocycles. The van der Waals surface area contributed by atoms with Gasteiger partial charge in [0.2, 0.25) is 0 Å². The zero-order chi connectivity index (χ0) is 22.1. The molecule has 2 aromatic rings. The number of hydrogen-bond donors (Lipinski definition) is 0. The first-order valence-corrected chi connectivity index (χ1v) is 11.2. The number of carbonyl (C=O) groups excluding carboxylic acids is 1. The summed E-state index contributed by atoms with van der Waals surface area (Å²) >= 11 is 0. The van der Waals surface area contributed by atoms with Gasteiger partial charge in [-0.2, -0.15) is 0 Å². The smallest absolute Gasteiger partial charge is 0.196 e. The van der Waals surface area contributed by atoms with E-state index in [1.54, 1.807) is 0 Å². The number of rotatable bonds is 11. The van der Waals surface area contributed by atoms with Crippen LogP contribution in [0.2, 0.25) is 0 Å². The van der Waals surface area contributed by atoms with E-state index in [4.69, 9.17) is 9.47 Å². The highest BCUT2D eigenvalue weighted by Gasteiger charge is 2.20. The van der Waals surface area contributed by atoms with E-state index in [2.05, 4.69) is 39.8 Å². The number of ketones is 1. The Kier molecular flexibility index (Phi) is 9.10. The first-order chi connectivity index (χ1) is 14.2. The van der Waals surface area contributed by atoms with Crippen molar-refractivity contribution in [2.75, 3.05) is 6.61 Å². The summed E-state index contributed by atoms with van der Waals surface area (Å²) in [6, 6.07) is 16.0. The highest BCUT2D eigenvalue weighted by Crippen LogP contribution is 2.35. The van der Waals surface area contributed by atoms with Crippen molar-refractivity contribution in [3.05, 3.63) is 65.2 Å². The Bertz CT molecular complexity index is 769. The topological polar surface area (TPSA) is 35.5 Å². The molecular formula is C27H38O3. The second-order valence-electron chi connectivity index (χ2n) is 9.41. The van der Waals surface area contributed by atoms with Gasteiger partial charge in [0.1, 0.15) is 5.75 Å². The molecule has 3 nitrogen and oxygen atoms in total. The fraction of sp³-hybridized carbons (Fsp3) is 0.519. The van der Waals surface area contributed by atoms with Crippen molar-refractivity contribution in [1.82, 2.24) is 0 Å². The molecule has 0 aromatic heterocycles. The fourth-order valence-corrected chi connectivity index (χ4v) is 3.72. The highest BCUT2D eigenvalue weighted by molar-refractivity contribution is 5.96. The van der Waals surface area contributed by atoms with E-state index in [0.29, 0.717) is 24.4 Å². The Morgan fingerprint density at radius 3 is 2.20 bits per heavy atom. The molecule has 2 unspecified atom stereocenters. The van der Waals surface area contributed by atoms with Crippen LogP contribution < -0.4 is 4.74 Å². The first-order valence-electron chi connectivity index (χ1n) is 11.2. The van der Waals surface area contributed by atoms with Gasteiger partial charge in [0.15, 0.2) is 12.1 Å². The Balaban J connectivity index is 1.82. The van der Waals surface area contributed by atoms with Crippen LogP contribution in [0.25, 0.3) is 0 Å². The molecule has 0 saturated carbocycles. The van der Waals surface area contributed by atoms with E-state index in [1.165, 1.54) is 24.8 Å². The van der Waals surface area contributed by atoms with Gasteiger partial charge < -0.3 is 9.47 Å². The summed E-state index contributed by atoms with van der Waals surface area (Å²) in [6.07, 6.45) is 3.51. The molecule has 0 fully saturated rings. The number of benzene rings is 2. The minimum atomic E-state index is -0.400. The van der Waals surface area contributed by atoms with Crippen LogP contribution >= 0.6 is 0 Å². The molecule has 0 N–H and O–H groups in total. The summed E-state index contributed by atoms with van der Waals surface area (Å²) in [5.74, 6) is 1.46. The van der Waals surface area contributed by atoms with Crippen LogP contribution in [0.3, 0.4) is 0 Å². The number of carbonyl (C=O) groups is 1. The second-order valence-corrected chi connectivity index (χ2v) is 9.41. The highest BCUT2D eigenvalue weighted by atomic mass is 16.7. The number of Topliss-reactive ketones (excluding diaryl/α,β-unsaturated/α-hetero) is 1. The van der Waals surface area contributed by atoms with Gasteiger partial charge in [0, 0.05) is 12.0 Å². The van der Waals surface area contributed by atoms with Crippen LogP contribution in [-0.2, 0) is 4.74 Å². The molecule has 2 aromatic carbocycles. The van der Waals surface area contributed by atoms with Crippen molar-refractivity contribution in [1.29, 1.82) is 0 Å². The number of hydrogen-bond acceptors (Lipinski definition) is 3. The van der Waals surface area contributed by atoms with Crippen molar-refractivity contribution in [3.63, 3.8) is 0 Å². The average Bonchev–Trinajstić information content (AvgIpc) is 2.67. The van der Waals surface area contributed by atoms with Crippen LogP contribution in [0.4, 0.5) is 0 Å². The van der Waals surface area contributed by atoms with Crippen LogP contribution in [-0.4, -0.2) is 18.7 Å². The van der Waals surface area contributed by atoms with Gasteiger partial charge in [-0.1, -0.05) is 76.1 Å². The Labute approximate surface area is 182 Å². The molecule has 30 heavy (non-hydrogen) atoms. The maximum absolute atomic E-state index is 12.2. The third-order valence-corrected chi connectivity index (χ3v) is 5.20. The maximum Gasteiger partial charge on any atom is 0.196 e. The van der Waals surface area contributed by atoms with Gasteiger partial charge in [-0.3, -0.25) is 4.79 Å². The fourth-order valence-electron chi connectivity index (χ4n) is 3.72. The minimum Gasteiger partial charge on any atom is -0.465 e. The van der Waals surface area contributed by atoms with Crippen molar-refractivity contribution in [3.8, 4) is 5.75 Å². The Morgan fingerprint density at radius 2 is 1.63 bits per heavy atom. The van der Waals surface area contributed by atoms with Crippen molar-refractivity contribution < 1.29 is 14.3 Å². The molecule has 0 bridgehead atoms. The van der Waals surface area contributed by atoms with E-state index in [0.717, 1.165) is 16.9 Å². The van der Waals surface area contributed by atoms with Gasteiger partial charge >= 0.3 is 0 Å². The molecular weight excluding hydrogens is 372 g/mol. The summed E-state index contributed by atoms with van der Waals surface area (Å²) < 4.78 is 11.6. The van der Waals surface area contributed by atoms with Crippen LogP contribution in [0, 0.1) is 12.3 Å². The van der Waals surface area contributed by atoms with E-state index >= 15 is 0 Å². The third-order valence-electron chi connectivity index (χ3n) is 5.20. The summed E-state index contributed by atoms with van der Waals surface area (Å²) in [4.78, 5) is 12.2. The second kappa shape index (κ2) is 11.3. The molecule has 2 rings (SSSR count). The van der Waals surface area contributed by atoms with E-state index < -0.39 is 6.29 Å². The molecule has 0 spiro atoms. The molecule has 0 aliphatic heterocycles. The van der Waals surface area contributed by atoms with Gasteiger partial charge in [0.05, 0.1) is 6.61 Å². The number of ether oxygens (including phenoxy) is 2. The number of aryl methyl sites for hydroxylation is 1. The normalized spacial score (nSPS) is 13.7. The predicted octanol–water partition coefficient (Wildman–Crippen LogP) is 7.33. The van der Waals surface area contributed by atoms with Gasteiger partial charge in [-0.15, -0.1) is 0 Å². The standard InChI is InChI=1S/C27H38O3/c1-7-8-24(19-27(4,5)6)22-13-15-25(16-14-22)30-21(3)29-18-17-26(28)23-11-9-20(2)10-12-23/h9-16,21,24H,7-8,17-19H2,1-6H3. The lowest BCUT2D eigenvalue weighted by Gasteiger charge is -2.26. The minimum absolute atomic E-state index is 0.0902. The quantitative estimate of drug-likeness (QED) is 0.287. The van der Waals surface area contributed by atoms with Gasteiger partial charge in [-0.05, 0) is 55.7 Å². The molecule has 0 radical (unpaired) electrons. The van der Waals surface area contributed by atoms with E-state index in [-0.39, 0.29) is 5.78 Å². The molecule has 0 amide bonds. The van der Waals surface area contributed by atoms with Crippen LogP contribution in [0.15, 0.2) is 48.5 Å². The van der Waals surface area contributed by atoms with Gasteiger partial charge in [0.25, 0.3) is 0 Å². The monoisotopic (exact) mass is 410 g/mol. The summed E-state index contributed by atoms with van der Waals surface area (Å²) in [5.41, 5.74) is 3.56. The van der Waals surface area contributed by atoms with E-state index in [1.807, 2.05) is 50.2 Å². The molecule has 0 aliphatic rings. The summed E-state index contributed by atoms with van der Waals surface area (Å²) in [7, 11) is 0. The molecule has 3 heteroatoms. The zero-order valence-electron chi connectivity index (χ0n) is 19.5. The molecule has 0 aliphatic carbocycles. The molecule has 0 heterocycles. The van der Waals surface area contributed by atoms with Crippen molar-refractivity contribution >= 4 is 5.78 Å². The van der Waals surface area contributed by atoms with Crippen LogP contribution in [0.5, 0.6) is 5.75 Å². The third kappa shape index (κ3) is 8.31. The summed E-state index contributed by atoms with van der Waals surface area (Å²) in [6.45, 7) is 13.4. The average molecular weight is 411 g/mol. The predicted molar refractivity (Wildman–Crippen MR) is 124 cm³/mol. The lowest BCUT2D eigenvalue weighted by atomic mass is 9.79. The Hall–Kier alpha value is -2.13. The lowest BCUT2D eigenvalue weighted by Crippen LogP contribution is -2.18. The zero-order valence-corrected chi connectivity index (χ0v) is 19.5. The Morgan fingerprint density at radius 1 is 1.00 bits per heavy atom. The summed E-state index contributed by atoms with van der Waals surface area (Å²) in [5, 5.41) is 0. The maximum atomic E-state index is 12.2. The van der Waals surface area contributed by atoms with E-state index in [9.17, 15) is 4.79 Å².